The molecular weight excluding hydrogens is 252 g/mol. The van der Waals surface area contributed by atoms with E-state index in [1.165, 1.54) is 18.5 Å². The van der Waals surface area contributed by atoms with Gasteiger partial charge in [-0.25, -0.2) is 0 Å². The average Bonchev–Trinajstić information content (AvgIpc) is 2.22. The molecule has 1 fully saturated rings. The highest BCUT2D eigenvalue weighted by molar-refractivity contribution is 9.10. The Morgan fingerprint density at radius 3 is 3.07 bits per heavy atom. The summed E-state index contributed by atoms with van der Waals surface area (Å²) in [5, 5.41) is 3.56. The molecule has 2 rings (SSSR count). The van der Waals surface area contributed by atoms with Gasteiger partial charge in [-0.15, -0.1) is 0 Å². The number of aromatic nitrogens is 1. The Kier molecular flexibility index (Phi) is 3.76. The fourth-order valence-corrected chi connectivity index (χ4v) is 2.39. The van der Waals surface area contributed by atoms with Crippen molar-refractivity contribution in [1.29, 1.82) is 0 Å². The van der Waals surface area contributed by atoms with Crippen LogP contribution in [-0.2, 0) is 6.42 Å². The monoisotopic (exact) mass is 268 g/mol. The van der Waals surface area contributed by atoms with Crippen LogP contribution in [0.1, 0.15) is 25.5 Å². The summed E-state index contributed by atoms with van der Waals surface area (Å²) in [4.78, 5) is 4.41. The lowest BCUT2D eigenvalue weighted by molar-refractivity contribution is 0.317. The fourth-order valence-electron chi connectivity index (χ4n) is 2.16. The minimum atomic E-state index is 0.613. The Morgan fingerprint density at radius 1 is 1.53 bits per heavy atom. The molecule has 2 unspecified atom stereocenters. The Bertz CT molecular complexity index is 310. The van der Waals surface area contributed by atoms with E-state index in [4.69, 9.17) is 0 Å². The molecule has 0 bridgehead atoms. The number of halogens is 1. The highest BCUT2D eigenvalue weighted by atomic mass is 79.9. The van der Waals surface area contributed by atoms with Crippen molar-refractivity contribution in [3.05, 3.63) is 28.5 Å². The maximum absolute atomic E-state index is 4.41. The van der Waals surface area contributed by atoms with E-state index >= 15 is 0 Å². The highest BCUT2D eigenvalue weighted by Gasteiger charge is 2.18. The lowest BCUT2D eigenvalue weighted by atomic mass is 9.92. The number of hydrogen-bond donors (Lipinski definition) is 1. The molecule has 2 atom stereocenters. The Hall–Kier alpha value is -0.410. The van der Waals surface area contributed by atoms with Crippen molar-refractivity contribution in [1.82, 2.24) is 10.3 Å². The maximum Gasteiger partial charge on any atom is 0.0419 e. The van der Waals surface area contributed by atoms with Gasteiger partial charge in [0.25, 0.3) is 0 Å². The van der Waals surface area contributed by atoms with E-state index in [1.54, 1.807) is 0 Å². The van der Waals surface area contributed by atoms with Gasteiger partial charge in [0.15, 0.2) is 0 Å². The summed E-state index contributed by atoms with van der Waals surface area (Å²) in [5.41, 5.74) is 1.19. The van der Waals surface area contributed by atoms with E-state index in [0.29, 0.717) is 6.04 Å². The second-order valence-corrected chi connectivity index (χ2v) is 5.37. The molecule has 0 spiro atoms. The van der Waals surface area contributed by atoms with E-state index in [1.807, 2.05) is 6.20 Å². The van der Waals surface area contributed by atoms with Crippen LogP contribution in [0.25, 0.3) is 0 Å². The third-order valence-electron chi connectivity index (χ3n) is 3.00. The Morgan fingerprint density at radius 2 is 2.40 bits per heavy atom. The van der Waals surface area contributed by atoms with E-state index in [0.717, 1.165) is 23.4 Å². The molecule has 0 aliphatic carbocycles. The Balaban J connectivity index is 1.93. The molecule has 0 radical (unpaired) electrons. The van der Waals surface area contributed by atoms with E-state index in [2.05, 4.69) is 45.3 Å². The van der Waals surface area contributed by atoms with Gasteiger partial charge in [0.1, 0.15) is 0 Å². The molecule has 1 aromatic rings. The molecule has 2 heterocycles. The largest absolute Gasteiger partial charge is 0.314 e. The highest BCUT2D eigenvalue weighted by Crippen LogP contribution is 2.18. The van der Waals surface area contributed by atoms with Crippen LogP contribution in [0.15, 0.2) is 22.8 Å². The smallest absolute Gasteiger partial charge is 0.0419 e. The van der Waals surface area contributed by atoms with Gasteiger partial charge in [0.2, 0.25) is 0 Å². The SMILES string of the molecule is CC1CCNC(Cc2ccc(Br)cn2)C1. The molecule has 15 heavy (non-hydrogen) atoms. The zero-order chi connectivity index (χ0) is 10.7. The fraction of sp³-hybridized carbons (Fsp3) is 0.583. The standard InChI is InChI=1S/C12H17BrN2/c1-9-4-5-14-12(6-9)7-11-3-2-10(13)8-15-11/h2-3,8-9,12,14H,4-7H2,1H3. The van der Waals surface area contributed by atoms with Gasteiger partial charge in [0, 0.05) is 28.8 Å². The first kappa shape index (κ1) is 11.1. The normalized spacial score (nSPS) is 26.5. The van der Waals surface area contributed by atoms with Crippen molar-refractivity contribution < 1.29 is 0 Å². The number of nitrogens with zero attached hydrogens (tertiary/aromatic N) is 1. The molecule has 1 aromatic heterocycles. The lowest BCUT2D eigenvalue weighted by Crippen LogP contribution is -2.38. The first-order valence-electron chi connectivity index (χ1n) is 5.58. The van der Waals surface area contributed by atoms with Crippen molar-refractivity contribution in [3.63, 3.8) is 0 Å². The van der Waals surface area contributed by atoms with Crippen LogP contribution >= 0.6 is 15.9 Å². The summed E-state index contributed by atoms with van der Waals surface area (Å²) in [7, 11) is 0. The van der Waals surface area contributed by atoms with Gasteiger partial charge in [-0.2, -0.15) is 0 Å². The summed E-state index contributed by atoms with van der Waals surface area (Å²) < 4.78 is 1.05. The quantitative estimate of drug-likeness (QED) is 0.893. The second-order valence-electron chi connectivity index (χ2n) is 4.45. The molecule has 0 amide bonds. The molecule has 1 aliphatic rings. The summed E-state index contributed by atoms with van der Waals surface area (Å²) in [6.45, 7) is 3.49. The predicted molar refractivity (Wildman–Crippen MR) is 65.8 cm³/mol. The molecule has 3 heteroatoms. The van der Waals surface area contributed by atoms with Crippen LogP contribution in [-0.4, -0.2) is 17.6 Å². The Labute approximate surface area is 99.6 Å². The van der Waals surface area contributed by atoms with Crippen molar-refractivity contribution in [2.75, 3.05) is 6.54 Å². The summed E-state index contributed by atoms with van der Waals surface area (Å²) >= 11 is 3.40. The predicted octanol–water partition coefficient (Wildman–Crippen LogP) is 2.77. The van der Waals surface area contributed by atoms with E-state index in [9.17, 15) is 0 Å². The van der Waals surface area contributed by atoms with Crippen molar-refractivity contribution in [2.24, 2.45) is 5.92 Å². The van der Waals surface area contributed by atoms with Gasteiger partial charge in [-0.05, 0) is 53.4 Å². The number of piperidine rings is 1. The van der Waals surface area contributed by atoms with Crippen molar-refractivity contribution in [3.8, 4) is 0 Å². The van der Waals surface area contributed by atoms with Crippen molar-refractivity contribution in [2.45, 2.75) is 32.2 Å². The summed E-state index contributed by atoms with van der Waals surface area (Å²) in [6.07, 6.45) is 5.52. The van der Waals surface area contributed by atoms with Crippen LogP contribution in [0.3, 0.4) is 0 Å². The van der Waals surface area contributed by atoms with Crippen LogP contribution in [0.2, 0.25) is 0 Å². The third kappa shape index (κ3) is 3.28. The van der Waals surface area contributed by atoms with Crippen LogP contribution in [0.5, 0.6) is 0 Å². The van der Waals surface area contributed by atoms with E-state index < -0.39 is 0 Å². The van der Waals surface area contributed by atoms with Gasteiger partial charge in [0.05, 0.1) is 0 Å². The molecule has 1 N–H and O–H groups in total. The maximum atomic E-state index is 4.41. The minimum Gasteiger partial charge on any atom is -0.314 e. The van der Waals surface area contributed by atoms with Gasteiger partial charge < -0.3 is 5.32 Å². The molecule has 0 saturated carbocycles. The molecule has 1 saturated heterocycles. The average molecular weight is 269 g/mol. The molecule has 2 nitrogen and oxygen atoms in total. The topological polar surface area (TPSA) is 24.9 Å². The molecular formula is C12H17BrN2. The summed E-state index contributed by atoms with van der Waals surface area (Å²) in [5.74, 6) is 0.853. The zero-order valence-corrected chi connectivity index (χ0v) is 10.6. The third-order valence-corrected chi connectivity index (χ3v) is 3.47. The number of pyridine rings is 1. The van der Waals surface area contributed by atoms with E-state index in [-0.39, 0.29) is 0 Å². The van der Waals surface area contributed by atoms with Crippen molar-refractivity contribution >= 4 is 15.9 Å². The van der Waals surface area contributed by atoms with Crippen LogP contribution < -0.4 is 5.32 Å². The molecule has 0 aromatic carbocycles. The molecule has 1 aliphatic heterocycles. The van der Waals surface area contributed by atoms with Crippen LogP contribution in [0.4, 0.5) is 0 Å². The van der Waals surface area contributed by atoms with Gasteiger partial charge in [-0.1, -0.05) is 6.92 Å². The van der Waals surface area contributed by atoms with Gasteiger partial charge >= 0.3 is 0 Å². The van der Waals surface area contributed by atoms with Crippen LogP contribution in [0, 0.1) is 5.92 Å². The number of hydrogen-bond acceptors (Lipinski definition) is 2. The lowest BCUT2D eigenvalue weighted by Gasteiger charge is -2.27. The van der Waals surface area contributed by atoms with Gasteiger partial charge in [-0.3, -0.25) is 4.98 Å². The number of rotatable bonds is 2. The molecule has 82 valence electrons. The second kappa shape index (κ2) is 5.08. The first-order valence-corrected chi connectivity index (χ1v) is 6.37. The first-order chi connectivity index (χ1) is 7.24. The number of nitrogens with one attached hydrogen (secondary N) is 1. The summed E-state index contributed by atoms with van der Waals surface area (Å²) in [6, 6.07) is 4.78. The zero-order valence-electron chi connectivity index (χ0n) is 9.04. The minimum absolute atomic E-state index is 0.613.